The summed E-state index contributed by atoms with van der Waals surface area (Å²) in [5.41, 5.74) is 18.1. The van der Waals surface area contributed by atoms with Gasteiger partial charge in [-0.25, -0.2) is 15.0 Å². The second kappa shape index (κ2) is 16.6. The van der Waals surface area contributed by atoms with Crippen LogP contribution in [0.1, 0.15) is 22.3 Å². The van der Waals surface area contributed by atoms with Crippen LogP contribution in [0, 0.1) is 0 Å². The molecule has 1 aromatic heterocycles. The summed E-state index contributed by atoms with van der Waals surface area (Å²) >= 11 is 0. The number of aliphatic imine (C=N–C) groups is 1. The number of aromatic nitrogens is 2. The van der Waals surface area contributed by atoms with E-state index in [0.717, 1.165) is 72.2 Å². The van der Waals surface area contributed by atoms with Crippen LogP contribution in [-0.4, -0.2) is 15.7 Å². The van der Waals surface area contributed by atoms with Crippen molar-refractivity contribution in [1.82, 2.24) is 9.97 Å². The SMILES string of the molecule is C1=Cc2ccccc2C(c2ccc3cc(-c4nc(-c5ccc(-c6cc7ccccc7c7ccccc67)cc5)c5ccccc5n4)ccc3c2)=NC=1c1ccc(-c2cc3ccccc3c3ccccc23)cc1. The Morgan fingerprint density at radius 1 is 0.296 bits per heavy atom. The van der Waals surface area contributed by atoms with Crippen molar-refractivity contribution >= 4 is 82.2 Å². The first kappa shape index (κ1) is 40.5. The predicted molar refractivity (Wildman–Crippen MR) is 299 cm³/mol. The lowest BCUT2D eigenvalue weighted by Crippen LogP contribution is -2.05. The molecule has 0 amide bonds. The molecule has 3 heteroatoms. The molecule has 0 radical (unpaired) electrons. The van der Waals surface area contributed by atoms with Crippen molar-refractivity contribution in [3.05, 3.63) is 271 Å². The van der Waals surface area contributed by atoms with Crippen molar-refractivity contribution < 1.29 is 0 Å². The van der Waals surface area contributed by atoms with Crippen LogP contribution in [0.25, 0.3) is 121 Å². The van der Waals surface area contributed by atoms with Gasteiger partial charge in [0.05, 0.1) is 16.9 Å². The Hall–Kier alpha value is -9.53. The van der Waals surface area contributed by atoms with Crippen LogP contribution in [0.3, 0.4) is 0 Å². The Morgan fingerprint density at radius 3 is 1.42 bits per heavy atom. The fourth-order valence-electron chi connectivity index (χ4n) is 10.7. The van der Waals surface area contributed by atoms with Crippen molar-refractivity contribution in [3.8, 4) is 44.9 Å². The monoisotopic (exact) mass is 899 g/mol. The molecule has 2 heterocycles. The molecule has 0 aliphatic carbocycles. The van der Waals surface area contributed by atoms with Gasteiger partial charge in [-0.3, -0.25) is 0 Å². The third-order valence-electron chi connectivity index (χ3n) is 14.3. The van der Waals surface area contributed by atoms with Gasteiger partial charge in [0, 0.05) is 33.2 Å². The summed E-state index contributed by atoms with van der Waals surface area (Å²) in [7, 11) is 0. The highest BCUT2D eigenvalue weighted by atomic mass is 14.9. The largest absolute Gasteiger partial charge is 0.239 e. The zero-order valence-electron chi connectivity index (χ0n) is 38.5. The molecule has 14 rings (SSSR count). The minimum Gasteiger partial charge on any atom is -0.239 e. The van der Waals surface area contributed by atoms with Crippen molar-refractivity contribution in [3.63, 3.8) is 0 Å². The maximum atomic E-state index is 5.41. The second-order valence-electron chi connectivity index (χ2n) is 18.4. The highest BCUT2D eigenvalue weighted by Gasteiger charge is 2.18. The molecule has 12 aromatic carbocycles. The van der Waals surface area contributed by atoms with Crippen LogP contribution in [0.15, 0.2) is 253 Å². The van der Waals surface area contributed by atoms with E-state index in [1.165, 1.54) is 65.3 Å². The summed E-state index contributed by atoms with van der Waals surface area (Å²) < 4.78 is 0. The van der Waals surface area contributed by atoms with Crippen molar-refractivity contribution in [2.75, 3.05) is 0 Å². The van der Waals surface area contributed by atoms with Crippen LogP contribution in [0.5, 0.6) is 0 Å². The molecule has 0 spiro atoms. The lowest BCUT2D eigenvalue weighted by Gasteiger charge is -2.13. The molecule has 0 bridgehead atoms. The zero-order chi connectivity index (χ0) is 46.8. The van der Waals surface area contributed by atoms with Crippen LogP contribution in [0.4, 0.5) is 0 Å². The minimum absolute atomic E-state index is 0.692. The number of rotatable bonds is 6. The Balaban J connectivity index is 0.803. The molecule has 0 saturated carbocycles. The summed E-state index contributed by atoms with van der Waals surface area (Å²) in [4.78, 5) is 15.9. The Morgan fingerprint density at radius 2 is 0.775 bits per heavy atom. The van der Waals surface area contributed by atoms with E-state index in [9.17, 15) is 0 Å². The number of hydrogen-bond donors (Lipinski definition) is 0. The molecule has 0 atom stereocenters. The summed E-state index contributed by atoms with van der Waals surface area (Å²) in [6.07, 6.45) is 2.07. The van der Waals surface area contributed by atoms with Gasteiger partial charge in [0.25, 0.3) is 0 Å². The minimum atomic E-state index is 0.692. The molecule has 3 nitrogen and oxygen atoms in total. The van der Waals surface area contributed by atoms with Crippen LogP contribution >= 0.6 is 0 Å². The second-order valence-corrected chi connectivity index (χ2v) is 18.4. The normalized spacial score (nSPS) is 12.4. The van der Waals surface area contributed by atoms with Gasteiger partial charge in [0.2, 0.25) is 0 Å². The first-order valence-electron chi connectivity index (χ1n) is 24.2. The van der Waals surface area contributed by atoms with Gasteiger partial charge >= 0.3 is 0 Å². The van der Waals surface area contributed by atoms with Crippen LogP contribution in [-0.2, 0) is 0 Å². The van der Waals surface area contributed by atoms with Gasteiger partial charge in [-0.2, -0.15) is 0 Å². The molecular weight excluding hydrogens is 859 g/mol. The molecule has 328 valence electrons. The average molecular weight is 900 g/mol. The topological polar surface area (TPSA) is 38.1 Å². The standard InChI is InChI=1S/C68H41N3/c1-6-18-56-43(13-1)37-38-64(46-29-25-44(26-30-46)62-41-50-14-2-4-16-54(50)57-19-7-9-21-59(57)62)69-67(56)52-35-33-49-40-53(36-34-48(49)39-52)68-70-65-24-12-11-23-61(65)66(71-68)47-31-27-45(28-32-47)63-42-51-15-3-5-17-55(51)58-20-8-10-22-60(58)63/h1-37,39-42H. The Labute approximate surface area is 410 Å². The number of hydrogen-bond acceptors (Lipinski definition) is 3. The molecule has 71 heavy (non-hydrogen) atoms. The predicted octanol–water partition coefficient (Wildman–Crippen LogP) is 17.6. The molecule has 1 aliphatic heterocycles. The zero-order valence-corrected chi connectivity index (χ0v) is 38.5. The molecule has 13 aromatic rings. The fourth-order valence-corrected chi connectivity index (χ4v) is 10.7. The maximum Gasteiger partial charge on any atom is 0.160 e. The molecule has 0 saturated heterocycles. The highest BCUT2D eigenvalue weighted by molar-refractivity contribution is 6.19. The number of para-hydroxylation sites is 1. The molecule has 1 aliphatic rings. The first-order chi connectivity index (χ1) is 35.2. The fraction of sp³-hybridized carbons (Fsp3) is 0. The van der Waals surface area contributed by atoms with E-state index >= 15 is 0 Å². The Kier molecular flexibility index (Phi) is 9.48. The first-order valence-corrected chi connectivity index (χ1v) is 24.2. The van der Waals surface area contributed by atoms with Crippen LogP contribution in [0.2, 0.25) is 0 Å². The van der Waals surface area contributed by atoms with Gasteiger partial charge < -0.3 is 0 Å². The van der Waals surface area contributed by atoms with E-state index in [2.05, 4.69) is 248 Å². The van der Waals surface area contributed by atoms with E-state index in [1.807, 2.05) is 6.07 Å². The number of benzene rings is 12. The quantitative estimate of drug-likeness (QED) is 0.123. The maximum absolute atomic E-state index is 5.41. The van der Waals surface area contributed by atoms with Gasteiger partial charge in [-0.15, -0.1) is 0 Å². The highest BCUT2D eigenvalue weighted by Crippen LogP contribution is 2.39. The van der Waals surface area contributed by atoms with Crippen molar-refractivity contribution in [2.24, 2.45) is 4.99 Å². The molecular formula is C68H41N3. The summed E-state index contributed by atoms with van der Waals surface area (Å²) in [5.74, 6) is 0.692. The van der Waals surface area contributed by atoms with E-state index in [4.69, 9.17) is 15.0 Å². The lowest BCUT2D eigenvalue weighted by atomic mass is 9.92. The summed E-state index contributed by atoms with van der Waals surface area (Å²) in [6.45, 7) is 0. The molecule has 0 unspecified atom stereocenters. The molecule has 0 N–H and O–H groups in total. The van der Waals surface area contributed by atoms with Gasteiger partial charge in [-0.1, -0.05) is 218 Å². The number of fused-ring (bicyclic) bond motifs is 9. The Bertz CT molecular complexity index is 4420. The summed E-state index contributed by atoms with van der Waals surface area (Å²) in [6, 6.07) is 86.9. The van der Waals surface area contributed by atoms with Gasteiger partial charge in [0.15, 0.2) is 5.82 Å². The van der Waals surface area contributed by atoms with E-state index in [1.54, 1.807) is 0 Å². The van der Waals surface area contributed by atoms with Crippen molar-refractivity contribution in [2.45, 2.75) is 0 Å². The van der Waals surface area contributed by atoms with Crippen molar-refractivity contribution in [1.29, 1.82) is 0 Å². The van der Waals surface area contributed by atoms with Gasteiger partial charge in [-0.05, 0) is 118 Å². The average Bonchev–Trinajstić information content (AvgIpc) is 3.64. The van der Waals surface area contributed by atoms with Crippen LogP contribution < -0.4 is 0 Å². The lowest BCUT2D eigenvalue weighted by molar-refractivity contribution is 1.23. The third-order valence-corrected chi connectivity index (χ3v) is 14.3. The third kappa shape index (κ3) is 7.03. The van der Waals surface area contributed by atoms with Gasteiger partial charge in [0.1, 0.15) is 5.70 Å². The number of nitrogens with zero attached hydrogens (tertiary/aromatic N) is 3. The molecule has 0 fully saturated rings. The smallest absolute Gasteiger partial charge is 0.160 e. The van der Waals surface area contributed by atoms with E-state index in [-0.39, 0.29) is 0 Å². The van der Waals surface area contributed by atoms with E-state index < -0.39 is 0 Å². The summed E-state index contributed by atoms with van der Waals surface area (Å²) in [5, 5.41) is 13.3. The van der Waals surface area contributed by atoms with E-state index in [0.29, 0.717) is 5.82 Å².